The van der Waals surface area contributed by atoms with E-state index in [0.717, 1.165) is 11.2 Å². The minimum absolute atomic E-state index is 0.735. The summed E-state index contributed by atoms with van der Waals surface area (Å²) in [6.07, 6.45) is 7.27. The van der Waals surface area contributed by atoms with Crippen molar-refractivity contribution in [1.82, 2.24) is 0 Å². The normalized spacial score (nSPS) is 13.0. The molecule has 0 heterocycles. The lowest BCUT2D eigenvalue weighted by Gasteiger charge is -2.08. The van der Waals surface area contributed by atoms with Crippen LogP contribution in [0.1, 0.15) is 32.6 Å². The van der Waals surface area contributed by atoms with E-state index in [1.165, 1.54) is 25.7 Å². The van der Waals surface area contributed by atoms with Crippen molar-refractivity contribution in [2.45, 2.75) is 32.6 Å². The smallest absolute Gasteiger partial charge is 0.00369 e. The molecule has 0 rings (SSSR count). The molecule has 1 atom stereocenters. The molecule has 0 amide bonds. The third kappa shape index (κ3) is 5.04. The summed E-state index contributed by atoms with van der Waals surface area (Å²) in [6.45, 7) is 6.04. The van der Waals surface area contributed by atoms with Crippen molar-refractivity contribution in [2.75, 3.05) is 5.33 Å². The van der Waals surface area contributed by atoms with Gasteiger partial charge in [-0.05, 0) is 18.8 Å². The molecule has 0 bridgehead atoms. The van der Waals surface area contributed by atoms with Gasteiger partial charge >= 0.3 is 0 Å². The first-order valence-electron chi connectivity index (χ1n) is 4.03. The molecule has 0 aromatic carbocycles. The van der Waals surface area contributed by atoms with Gasteiger partial charge in [0.05, 0.1) is 0 Å². The number of hydrogen-bond acceptors (Lipinski definition) is 0. The highest BCUT2D eigenvalue weighted by Gasteiger charge is 2.00. The van der Waals surface area contributed by atoms with Gasteiger partial charge in [-0.1, -0.05) is 41.8 Å². The van der Waals surface area contributed by atoms with Crippen LogP contribution in [0, 0.1) is 5.92 Å². The molecule has 1 heteroatoms. The van der Waals surface area contributed by atoms with Gasteiger partial charge in [-0.3, -0.25) is 0 Å². The van der Waals surface area contributed by atoms with Crippen molar-refractivity contribution in [3.8, 4) is 0 Å². The number of alkyl halides is 1. The van der Waals surface area contributed by atoms with Crippen LogP contribution in [0.2, 0.25) is 0 Å². The second-order valence-corrected chi connectivity index (χ2v) is 3.41. The number of allylic oxidation sites excluding steroid dienone is 1. The van der Waals surface area contributed by atoms with Crippen LogP contribution in [0.5, 0.6) is 0 Å². The van der Waals surface area contributed by atoms with Crippen LogP contribution in [0.3, 0.4) is 0 Å². The molecule has 0 aromatic rings. The molecule has 0 aliphatic heterocycles. The van der Waals surface area contributed by atoms with Gasteiger partial charge in [-0.15, -0.1) is 6.58 Å². The predicted molar refractivity (Wildman–Crippen MR) is 51.6 cm³/mol. The Morgan fingerprint density at radius 3 is 2.60 bits per heavy atom. The summed E-state index contributed by atoms with van der Waals surface area (Å²) >= 11 is 3.43. The van der Waals surface area contributed by atoms with E-state index in [2.05, 4.69) is 35.5 Å². The molecule has 0 spiro atoms. The minimum atomic E-state index is 0.735. The highest BCUT2D eigenvalue weighted by molar-refractivity contribution is 9.09. The Morgan fingerprint density at radius 2 is 2.20 bits per heavy atom. The highest BCUT2D eigenvalue weighted by atomic mass is 79.9. The van der Waals surface area contributed by atoms with Crippen LogP contribution in [0.15, 0.2) is 12.7 Å². The molecule has 0 fully saturated rings. The number of halogens is 1. The fourth-order valence-corrected chi connectivity index (χ4v) is 1.57. The van der Waals surface area contributed by atoms with Gasteiger partial charge in [0.2, 0.25) is 0 Å². The van der Waals surface area contributed by atoms with Crippen molar-refractivity contribution in [1.29, 1.82) is 0 Å². The van der Waals surface area contributed by atoms with Crippen LogP contribution in [0.25, 0.3) is 0 Å². The summed E-state index contributed by atoms with van der Waals surface area (Å²) in [5.41, 5.74) is 0. The third-order valence-corrected chi connectivity index (χ3v) is 2.20. The van der Waals surface area contributed by atoms with Crippen LogP contribution >= 0.6 is 15.9 Å². The van der Waals surface area contributed by atoms with E-state index in [-0.39, 0.29) is 0 Å². The van der Waals surface area contributed by atoms with E-state index >= 15 is 0 Å². The largest absolute Gasteiger partial charge is 0.103 e. The average Bonchev–Trinajstić information content (AvgIpc) is 1.98. The van der Waals surface area contributed by atoms with Crippen LogP contribution in [0.4, 0.5) is 0 Å². The lowest BCUT2D eigenvalue weighted by molar-refractivity contribution is 0.546. The zero-order valence-corrected chi connectivity index (χ0v) is 8.36. The molecule has 0 radical (unpaired) electrons. The van der Waals surface area contributed by atoms with Crippen molar-refractivity contribution in [3.05, 3.63) is 12.7 Å². The molecule has 60 valence electrons. The SMILES string of the molecule is C=CC(CCBr)CCCC. The van der Waals surface area contributed by atoms with Crippen molar-refractivity contribution in [3.63, 3.8) is 0 Å². The van der Waals surface area contributed by atoms with E-state index in [9.17, 15) is 0 Å². The summed E-state index contributed by atoms with van der Waals surface area (Å²) in [6, 6.07) is 0. The molecule has 0 saturated heterocycles. The van der Waals surface area contributed by atoms with Crippen molar-refractivity contribution < 1.29 is 0 Å². The Labute approximate surface area is 72.8 Å². The molecule has 0 nitrogen and oxygen atoms in total. The summed E-state index contributed by atoms with van der Waals surface area (Å²) in [7, 11) is 0. The second kappa shape index (κ2) is 7.33. The monoisotopic (exact) mass is 204 g/mol. The predicted octanol–water partition coefficient (Wildman–Crippen LogP) is 3.76. The Hall–Kier alpha value is 0.220. The van der Waals surface area contributed by atoms with E-state index in [1.54, 1.807) is 0 Å². The zero-order chi connectivity index (χ0) is 7.82. The van der Waals surface area contributed by atoms with Crippen LogP contribution in [-0.4, -0.2) is 5.33 Å². The molecule has 0 aromatic heterocycles. The highest BCUT2D eigenvalue weighted by Crippen LogP contribution is 2.14. The Kier molecular flexibility index (Phi) is 7.49. The van der Waals surface area contributed by atoms with Crippen molar-refractivity contribution in [2.24, 2.45) is 5.92 Å². The van der Waals surface area contributed by atoms with E-state index in [1.807, 2.05) is 0 Å². The molecular weight excluding hydrogens is 188 g/mol. The van der Waals surface area contributed by atoms with Crippen LogP contribution in [-0.2, 0) is 0 Å². The van der Waals surface area contributed by atoms with Gasteiger partial charge in [0.25, 0.3) is 0 Å². The molecular formula is C9H17Br. The standard InChI is InChI=1S/C9H17Br/c1-3-5-6-9(4-2)7-8-10/h4,9H,2-3,5-8H2,1H3. The van der Waals surface area contributed by atoms with E-state index in [0.29, 0.717) is 0 Å². The maximum Gasteiger partial charge on any atom is 0.00369 e. The average molecular weight is 205 g/mol. The zero-order valence-electron chi connectivity index (χ0n) is 6.78. The second-order valence-electron chi connectivity index (χ2n) is 2.62. The molecule has 0 aliphatic carbocycles. The summed E-state index contributed by atoms with van der Waals surface area (Å²) < 4.78 is 0. The van der Waals surface area contributed by atoms with Gasteiger partial charge in [0, 0.05) is 5.33 Å². The van der Waals surface area contributed by atoms with Crippen molar-refractivity contribution >= 4 is 15.9 Å². The lowest BCUT2D eigenvalue weighted by Crippen LogP contribution is -1.96. The quantitative estimate of drug-likeness (QED) is 0.457. The third-order valence-electron chi connectivity index (χ3n) is 1.74. The maximum atomic E-state index is 3.81. The molecule has 0 N–H and O–H groups in total. The summed E-state index contributed by atoms with van der Waals surface area (Å²) in [4.78, 5) is 0. The fourth-order valence-electron chi connectivity index (χ4n) is 0.986. The summed E-state index contributed by atoms with van der Waals surface area (Å²) in [5, 5.41) is 1.10. The Bertz CT molecular complexity index is 78.8. The fraction of sp³-hybridized carbons (Fsp3) is 0.778. The number of rotatable bonds is 6. The molecule has 0 aliphatic rings. The lowest BCUT2D eigenvalue weighted by atomic mass is 10.00. The number of hydrogen-bond donors (Lipinski definition) is 0. The first-order chi connectivity index (χ1) is 4.85. The van der Waals surface area contributed by atoms with Gasteiger partial charge in [-0.2, -0.15) is 0 Å². The first kappa shape index (κ1) is 10.2. The van der Waals surface area contributed by atoms with E-state index < -0.39 is 0 Å². The van der Waals surface area contributed by atoms with Crippen LogP contribution < -0.4 is 0 Å². The minimum Gasteiger partial charge on any atom is -0.103 e. The molecule has 1 unspecified atom stereocenters. The topological polar surface area (TPSA) is 0 Å². The van der Waals surface area contributed by atoms with Gasteiger partial charge in [-0.25, -0.2) is 0 Å². The Balaban J connectivity index is 3.29. The maximum absolute atomic E-state index is 3.81. The molecule has 10 heavy (non-hydrogen) atoms. The van der Waals surface area contributed by atoms with Gasteiger partial charge in [0.1, 0.15) is 0 Å². The van der Waals surface area contributed by atoms with E-state index in [4.69, 9.17) is 0 Å². The summed E-state index contributed by atoms with van der Waals surface area (Å²) in [5.74, 6) is 0.735. The molecule has 0 saturated carbocycles. The Morgan fingerprint density at radius 1 is 1.50 bits per heavy atom. The van der Waals surface area contributed by atoms with Gasteiger partial charge < -0.3 is 0 Å². The first-order valence-corrected chi connectivity index (χ1v) is 5.15. The number of unbranched alkanes of at least 4 members (excludes halogenated alkanes) is 1. The van der Waals surface area contributed by atoms with Gasteiger partial charge in [0.15, 0.2) is 0 Å².